The van der Waals surface area contributed by atoms with Crippen molar-refractivity contribution in [3.05, 3.63) is 60.7 Å². The van der Waals surface area contributed by atoms with Crippen LogP contribution in [0.15, 0.2) is 49.3 Å². The second-order valence-corrected chi connectivity index (χ2v) is 6.33. The predicted molar refractivity (Wildman–Crippen MR) is 99.4 cm³/mol. The quantitative estimate of drug-likeness (QED) is 0.730. The van der Waals surface area contributed by atoms with Gasteiger partial charge in [-0.15, -0.1) is 0 Å². The van der Waals surface area contributed by atoms with Gasteiger partial charge in [-0.1, -0.05) is 12.1 Å². The molecule has 2 aromatic heterocycles. The Morgan fingerprint density at radius 2 is 1.79 bits per heavy atom. The first kappa shape index (κ1) is 17.8. The van der Waals surface area contributed by atoms with Crippen molar-refractivity contribution in [2.24, 2.45) is 0 Å². The van der Waals surface area contributed by atoms with Gasteiger partial charge in [0.25, 0.3) is 0 Å². The molecule has 0 spiro atoms. The normalized spacial score (nSPS) is 14.2. The number of piperazine rings is 1. The van der Waals surface area contributed by atoms with E-state index in [9.17, 15) is 9.18 Å². The van der Waals surface area contributed by atoms with Crippen LogP contribution in [-0.4, -0.2) is 61.8 Å². The molecule has 1 fully saturated rings. The Hall–Kier alpha value is -3.56. The fourth-order valence-corrected chi connectivity index (χ4v) is 2.99. The lowest BCUT2D eigenvalue weighted by Gasteiger charge is -2.35. The Morgan fingerprint density at radius 3 is 2.50 bits per heavy atom. The minimum absolute atomic E-state index is 0.130. The fraction of sp³-hybridized carbons (Fsp3) is 0.278. The van der Waals surface area contributed by atoms with Crippen LogP contribution in [0.5, 0.6) is 0 Å². The molecule has 4 rings (SSSR count). The van der Waals surface area contributed by atoms with Crippen molar-refractivity contribution in [2.75, 3.05) is 31.1 Å². The lowest BCUT2D eigenvalue weighted by atomic mass is 10.2. The first-order valence-electron chi connectivity index (χ1n) is 8.88. The van der Waals surface area contributed by atoms with Crippen LogP contribution in [0.25, 0.3) is 5.82 Å². The largest absolute Gasteiger partial charge is 0.353 e. The molecule has 0 bridgehead atoms. The topological polar surface area (TPSA) is 92.1 Å². The van der Waals surface area contributed by atoms with Gasteiger partial charge in [-0.3, -0.25) is 0 Å². The molecule has 1 aliphatic heterocycles. The van der Waals surface area contributed by atoms with E-state index in [0.717, 1.165) is 11.4 Å². The number of rotatable bonds is 4. The third-order valence-corrected chi connectivity index (χ3v) is 4.54. The molecular formula is C18H19FN8O. The van der Waals surface area contributed by atoms with Crippen LogP contribution < -0.4 is 10.2 Å². The standard InChI is InChI=1S/C18H19FN8O/c19-15-3-1-14(2-4-15)10-21-18(28)26-7-5-25(6-8-26)16-9-17(23-12-22-16)27-13-20-11-24-27/h1-4,9,11-13H,5-8,10H2,(H,21,28). The average molecular weight is 382 g/mol. The number of urea groups is 1. The molecule has 0 atom stereocenters. The molecule has 0 unspecified atom stereocenters. The highest BCUT2D eigenvalue weighted by atomic mass is 19.1. The smallest absolute Gasteiger partial charge is 0.317 e. The highest BCUT2D eigenvalue weighted by Crippen LogP contribution is 2.15. The zero-order valence-corrected chi connectivity index (χ0v) is 15.1. The van der Waals surface area contributed by atoms with Crippen LogP contribution in [0.2, 0.25) is 0 Å². The number of anilines is 1. The van der Waals surface area contributed by atoms with Gasteiger partial charge in [-0.25, -0.2) is 28.8 Å². The number of nitrogens with one attached hydrogen (secondary N) is 1. The number of aromatic nitrogens is 5. The molecule has 1 saturated heterocycles. The van der Waals surface area contributed by atoms with E-state index < -0.39 is 0 Å². The highest BCUT2D eigenvalue weighted by Gasteiger charge is 2.22. The van der Waals surface area contributed by atoms with Crippen LogP contribution >= 0.6 is 0 Å². The molecule has 0 radical (unpaired) electrons. The maximum Gasteiger partial charge on any atom is 0.317 e. The zero-order valence-electron chi connectivity index (χ0n) is 15.1. The first-order valence-corrected chi connectivity index (χ1v) is 8.88. The fourth-order valence-electron chi connectivity index (χ4n) is 2.99. The molecule has 3 heterocycles. The molecule has 144 valence electrons. The van der Waals surface area contributed by atoms with Crippen molar-refractivity contribution < 1.29 is 9.18 Å². The Labute approximate surface area is 160 Å². The van der Waals surface area contributed by atoms with Gasteiger partial charge in [0.1, 0.15) is 30.6 Å². The number of nitrogens with zero attached hydrogens (tertiary/aromatic N) is 7. The second kappa shape index (κ2) is 7.99. The summed E-state index contributed by atoms with van der Waals surface area (Å²) < 4.78 is 14.5. The highest BCUT2D eigenvalue weighted by molar-refractivity contribution is 5.74. The summed E-state index contributed by atoms with van der Waals surface area (Å²) in [7, 11) is 0. The van der Waals surface area contributed by atoms with Crippen LogP contribution in [0.3, 0.4) is 0 Å². The van der Waals surface area contributed by atoms with E-state index in [1.807, 2.05) is 6.07 Å². The number of carbonyl (C=O) groups is 1. The number of hydrogen-bond acceptors (Lipinski definition) is 6. The molecule has 10 heteroatoms. The summed E-state index contributed by atoms with van der Waals surface area (Å²) >= 11 is 0. The van der Waals surface area contributed by atoms with E-state index in [-0.39, 0.29) is 11.8 Å². The van der Waals surface area contributed by atoms with Gasteiger partial charge in [0.05, 0.1) is 0 Å². The van der Waals surface area contributed by atoms with E-state index in [1.54, 1.807) is 28.0 Å². The van der Waals surface area contributed by atoms with E-state index in [4.69, 9.17) is 0 Å². The van der Waals surface area contributed by atoms with Crippen molar-refractivity contribution in [2.45, 2.75) is 6.54 Å². The third-order valence-electron chi connectivity index (χ3n) is 4.54. The Kier molecular flexibility index (Phi) is 5.09. The number of amides is 2. The molecule has 2 amide bonds. The first-order chi connectivity index (χ1) is 13.7. The van der Waals surface area contributed by atoms with Crippen molar-refractivity contribution >= 4 is 11.8 Å². The molecule has 9 nitrogen and oxygen atoms in total. The SMILES string of the molecule is O=C(NCc1ccc(F)cc1)N1CCN(c2cc(-n3cncn3)ncn2)CC1. The van der Waals surface area contributed by atoms with Crippen molar-refractivity contribution in [3.63, 3.8) is 0 Å². The molecule has 1 aliphatic rings. The Balaban J connectivity index is 1.31. The lowest BCUT2D eigenvalue weighted by Crippen LogP contribution is -2.51. The van der Waals surface area contributed by atoms with Gasteiger partial charge in [0.15, 0.2) is 5.82 Å². The number of benzene rings is 1. The minimum atomic E-state index is -0.289. The van der Waals surface area contributed by atoms with Crippen LogP contribution in [-0.2, 0) is 6.54 Å². The van der Waals surface area contributed by atoms with Gasteiger partial charge >= 0.3 is 6.03 Å². The van der Waals surface area contributed by atoms with Gasteiger partial charge in [0, 0.05) is 38.8 Å². The summed E-state index contributed by atoms with van der Waals surface area (Å²) in [4.78, 5) is 28.7. The maximum absolute atomic E-state index is 12.9. The summed E-state index contributed by atoms with van der Waals surface area (Å²) in [6.07, 6.45) is 4.52. The van der Waals surface area contributed by atoms with Gasteiger partial charge in [-0.05, 0) is 17.7 Å². The number of carbonyl (C=O) groups excluding carboxylic acids is 1. The Bertz CT molecular complexity index is 923. The Morgan fingerprint density at radius 1 is 1.04 bits per heavy atom. The van der Waals surface area contributed by atoms with Gasteiger partial charge < -0.3 is 15.1 Å². The van der Waals surface area contributed by atoms with E-state index in [1.165, 1.54) is 24.8 Å². The zero-order chi connectivity index (χ0) is 19.3. The molecular weight excluding hydrogens is 363 g/mol. The average Bonchev–Trinajstić information content (AvgIpc) is 3.28. The van der Waals surface area contributed by atoms with E-state index in [0.29, 0.717) is 38.5 Å². The van der Waals surface area contributed by atoms with Crippen molar-refractivity contribution in [1.82, 2.24) is 34.9 Å². The molecule has 0 saturated carbocycles. The summed E-state index contributed by atoms with van der Waals surface area (Å²) in [5, 5.41) is 6.95. The summed E-state index contributed by atoms with van der Waals surface area (Å²) in [6, 6.07) is 7.81. The van der Waals surface area contributed by atoms with E-state index in [2.05, 4.69) is 30.3 Å². The van der Waals surface area contributed by atoms with E-state index >= 15 is 0 Å². The predicted octanol–water partition coefficient (Wildman–Crippen LogP) is 1.23. The van der Waals surface area contributed by atoms with Crippen molar-refractivity contribution in [1.29, 1.82) is 0 Å². The van der Waals surface area contributed by atoms with Crippen LogP contribution in [0.1, 0.15) is 5.56 Å². The van der Waals surface area contributed by atoms with Crippen molar-refractivity contribution in [3.8, 4) is 5.82 Å². The summed E-state index contributed by atoms with van der Waals surface area (Å²) in [6.45, 7) is 2.86. The van der Waals surface area contributed by atoms with Gasteiger partial charge in [-0.2, -0.15) is 5.10 Å². The third kappa shape index (κ3) is 4.05. The summed E-state index contributed by atoms with van der Waals surface area (Å²) in [5.41, 5.74) is 0.856. The van der Waals surface area contributed by atoms with Crippen LogP contribution in [0, 0.1) is 5.82 Å². The maximum atomic E-state index is 12.9. The minimum Gasteiger partial charge on any atom is -0.353 e. The summed E-state index contributed by atoms with van der Waals surface area (Å²) in [5.74, 6) is 1.14. The monoisotopic (exact) mass is 382 g/mol. The number of hydrogen-bond donors (Lipinski definition) is 1. The number of halogens is 1. The second-order valence-electron chi connectivity index (χ2n) is 6.33. The molecule has 1 N–H and O–H groups in total. The lowest BCUT2D eigenvalue weighted by molar-refractivity contribution is 0.194. The van der Waals surface area contributed by atoms with Gasteiger partial charge in [0.2, 0.25) is 0 Å². The molecule has 0 aliphatic carbocycles. The molecule has 3 aromatic rings. The molecule has 28 heavy (non-hydrogen) atoms. The van der Waals surface area contributed by atoms with Crippen LogP contribution in [0.4, 0.5) is 15.0 Å². The molecule has 1 aromatic carbocycles.